The number of aromatic nitrogens is 2. The molecule has 1 atom stereocenters. The Morgan fingerprint density at radius 3 is 2.96 bits per heavy atom. The number of ether oxygens (including phenoxy) is 1. The molecule has 2 rings (SSSR count). The Kier molecular flexibility index (Phi) is 5.83. The third-order valence-electron chi connectivity index (χ3n) is 3.18. The first-order valence-electron chi connectivity index (χ1n) is 7.51. The highest BCUT2D eigenvalue weighted by Crippen LogP contribution is 2.25. The lowest BCUT2D eigenvalue weighted by molar-refractivity contribution is -0.390. The third kappa shape index (κ3) is 4.51. The number of nitrogens with one attached hydrogen (secondary N) is 1. The Hall–Kier alpha value is -2.97. The third-order valence-corrected chi connectivity index (χ3v) is 3.18. The topological polar surface area (TPSA) is 120 Å². The van der Waals surface area contributed by atoms with Crippen LogP contribution in [-0.2, 0) is 4.79 Å². The van der Waals surface area contributed by atoms with Crippen LogP contribution in [0.5, 0.6) is 5.75 Å². The minimum absolute atomic E-state index is 0.0462. The molecule has 0 saturated heterocycles. The molecule has 0 saturated carbocycles. The minimum Gasteiger partial charge on any atom is -0.472 e. The standard InChI is InChI=1S/C15H18N4O5/c1-3-4-6-12(15(20)17-13-9-10(2)24-18-13)23-11-7-5-8-16-14(11)19(21)22/h5,7-9,12H,3-4,6H2,1-2H3,(H,17,18,20)/t12-/m1/s1. The number of unbranched alkanes of at least 4 members (excludes halogenated alkanes) is 1. The largest absolute Gasteiger partial charge is 0.472 e. The van der Waals surface area contributed by atoms with Gasteiger partial charge in [0.1, 0.15) is 12.0 Å². The minimum atomic E-state index is -0.898. The number of nitro groups is 1. The molecule has 128 valence electrons. The van der Waals surface area contributed by atoms with Crippen LogP contribution in [0, 0.1) is 17.0 Å². The van der Waals surface area contributed by atoms with Crippen molar-refractivity contribution in [2.24, 2.45) is 0 Å². The maximum absolute atomic E-state index is 12.4. The molecule has 1 amide bonds. The molecule has 0 aliphatic heterocycles. The number of rotatable bonds is 8. The number of amides is 1. The van der Waals surface area contributed by atoms with Crippen molar-refractivity contribution in [1.29, 1.82) is 0 Å². The number of pyridine rings is 1. The molecule has 2 aromatic rings. The predicted molar refractivity (Wildman–Crippen MR) is 84.7 cm³/mol. The Labute approximate surface area is 138 Å². The van der Waals surface area contributed by atoms with Gasteiger partial charge in [0.2, 0.25) is 5.75 Å². The lowest BCUT2D eigenvalue weighted by Crippen LogP contribution is -2.33. The quantitative estimate of drug-likeness (QED) is 0.582. The van der Waals surface area contributed by atoms with Gasteiger partial charge in [0, 0.05) is 6.07 Å². The van der Waals surface area contributed by atoms with Crippen LogP contribution in [0.15, 0.2) is 28.9 Å². The van der Waals surface area contributed by atoms with Gasteiger partial charge >= 0.3 is 5.82 Å². The maximum atomic E-state index is 12.4. The first-order valence-corrected chi connectivity index (χ1v) is 7.51. The van der Waals surface area contributed by atoms with E-state index in [1.165, 1.54) is 18.3 Å². The molecule has 1 N–H and O–H groups in total. The summed E-state index contributed by atoms with van der Waals surface area (Å²) in [5.74, 6) is -0.100. The van der Waals surface area contributed by atoms with Crippen molar-refractivity contribution < 1.29 is 19.0 Å². The van der Waals surface area contributed by atoms with Crippen LogP contribution in [0.1, 0.15) is 31.9 Å². The number of carbonyl (C=O) groups is 1. The molecule has 24 heavy (non-hydrogen) atoms. The zero-order valence-electron chi connectivity index (χ0n) is 13.4. The van der Waals surface area contributed by atoms with E-state index in [0.717, 1.165) is 12.8 Å². The van der Waals surface area contributed by atoms with E-state index < -0.39 is 22.8 Å². The first kappa shape index (κ1) is 17.4. The van der Waals surface area contributed by atoms with E-state index in [-0.39, 0.29) is 11.6 Å². The monoisotopic (exact) mass is 334 g/mol. The molecule has 0 unspecified atom stereocenters. The molecule has 2 heterocycles. The normalized spacial score (nSPS) is 11.8. The second kappa shape index (κ2) is 8.04. The van der Waals surface area contributed by atoms with Crippen LogP contribution in [0.4, 0.5) is 11.6 Å². The first-order chi connectivity index (χ1) is 11.5. The van der Waals surface area contributed by atoms with Crippen LogP contribution in [-0.4, -0.2) is 27.1 Å². The van der Waals surface area contributed by atoms with Crippen molar-refractivity contribution in [2.45, 2.75) is 39.2 Å². The fourth-order valence-corrected chi connectivity index (χ4v) is 2.03. The van der Waals surface area contributed by atoms with Crippen LogP contribution in [0.25, 0.3) is 0 Å². The van der Waals surface area contributed by atoms with Crippen LogP contribution < -0.4 is 10.1 Å². The Morgan fingerprint density at radius 2 is 2.33 bits per heavy atom. The van der Waals surface area contributed by atoms with E-state index in [9.17, 15) is 14.9 Å². The molecule has 2 aromatic heterocycles. The summed E-state index contributed by atoms with van der Waals surface area (Å²) < 4.78 is 10.5. The Bertz CT molecular complexity index is 715. The van der Waals surface area contributed by atoms with Gasteiger partial charge in [-0.05, 0) is 41.8 Å². The number of hydrogen-bond donors (Lipinski definition) is 1. The lowest BCUT2D eigenvalue weighted by Gasteiger charge is -2.17. The fourth-order valence-electron chi connectivity index (χ4n) is 2.03. The van der Waals surface area contributed by atoms with Gasteiger partial charge in [-0.3, -0.25) is 4.79 Å². The van der Waals surface area contributed by atoms with E-state index >= 15 is 0 Å². The maximum Gasteiger partial charge on any atom is 0.406 e. The molecule has 9 heteroatoms. The summed E-state index contributed by atoms with van der Waals surface area (Å²) in [7, 11) is 0. The molecule has 9 nitrogen and oxygen atoms in total. The van der Waals surface area contributed by atoms with Crippen molar-refractivity contribution in [1.82, 2.24) is 10.1 Å². The zero-order valence-corrected chi connectivity index (χ0v) is 13.4. The number of carbonyl (C=O) groups excluding carboxylic acids is 1. The average Bonchev–Trinajstić information content (AvgIpc) is 2.96. The highest BCUT2D eigenvalue weighted by atomic mass is 16.6. The molecule has 0 radical (unpaired) electrons. The highest BCUT2D eigenvalue weighted by molar-refractivity contribution is 5.93. The second-order valence-corrected chi connectivity index (χ2v) is 5.14. The number of aryl methyl sites for hydroxylation is 1. The van der Waals surface area contributed by atoms with Crippen LogP contribution in [0.2, 0.25) is 0 Å². The summed E-state index contributed by atoms with van der Waals surface area (Å²) in [6.45, 7) is 3.68. The molecule has 0 aliphatic carbocycles. The van der Waals surface area contributed by atoms with Gasteiger partial charge in [0.05, 0.1) is 0 Å². The van der Waals surface area contributed by atoms with Crippen LogP contribution in [0.3, 0.4) is 0 Å². The molecule has 0 aromatic carbocycles. The molecular weight excluding hydrogens is 316 g/mol. The van der Waals surface area contributed by atoms with Crippen molar-refractivity contribution in [3.05, 3.63) is 40.3 Å². The second-order valence-electron chi connectivity index (χ2n) is 5.14. The molecule has 0 fully saturated rings. The van der Waals surface area contributed by atoms with E-state index in [1.807, 2.05) is 6.92 Å². The van der Waals surface area contributed by atoms with Crippen molar-refractivity contribution >= 4 is 17.5 Å². The van der Waals surface area contributed by atoms with E-state index in [4.69, 9.17) is 9.26 Å². The molecule has 0 bridgehead atoms. The van der Waals surface area contributed by atoms with Crippen molar-refractivity contribution in [3.8, 4) is 5.75 Å². The summed E-state index contributed by atoms with van der Waals surface area (Å²) in [5.41, 5.74) is 0. The van der Waals surface area contributed by atoms with Gasteiger partial charge in [0.25, 0.3) is 5.91 Å². The van der Waals surface area contributed by atoms with E-state index in [2.05, 4.69) is 15.5 Å². The summed E-state index contributed by atoms with van der Waals surface area (Å²) in [4.78, 5) is 26.5. The Morgan fingerprint density at radius 1 is 1.54 bits per heavy atom. The van der Waals surface area contributed by atoms with Gasteiger partial charge in [-0.2, -0.15) is 0 Å². The molecule has 0 aliphatic rings. The average molecular weight is 334 g/mol. The van der Waals surface area contributed by atoms with Gasteiger partial charge in [-0.15, -0.1) is 0 Å². The number of nitrogens with zero attached hydrogens (tertiary/aromatic N) is 3. The van der Waals surface area contributed by atoms with E-state index in [1.54, 1.807) is 13.0 Å². The molecular formula is C15H18N4O5. The molecule has 0 spiro atoms. The smallest absolute Gasteiger partial charge is 0.406 e. The lowest BCUT2D eigenvalue weighted by atomic mass is 10.1. The van der Waals surface area contributed by atoms with Crippen molar-refractivity contribution in [3.63, 3.8) is 0 Å². The SMILES string of the molecule is CCCC[C@@H](Oc1cccnc1[N+](=O)[O-])C(=O)Nc1cc(C)on1. The van der Waals surface area contributed by atoms with Gasteiger partial charge in [-0.25, -0.2) is 0 Å². The Balaban J connectivity index is 2.15. The van der Waals surface area contributed by atoms with Crippen molar-refractivity contribution in [2.75, 3.05) is 5.32 Å². The fraction of sp³-hybridized carbons (Fsp3) is 0.400. The summed E-state index contributed by atoms with van der Waals surface area (Å²) >= 11 is 0. The predicted octanol–water partition coefficient (Wildman–Crippen LogP) is 2.86. The number of anilines is 1. The summed E-state index contributed by atoms with van der Waals surface area (Å²) in [6.07, 6.45) is 2.38. The summed E-state index contributed by atoms with van der Waals surface area (Å²) in [6, 6.07) is 4.50. The van der Waals surface area contributed by atoms with Gasteiger partial charge in [0.15, 0.2) is 11.9 Å². The van der Waals surface area contributed by atoms with Gasteiger partial charge in [-0.1, -0.05) is 18.5 Å². The van der Waals surface area contributed by atoms with Crippen LogP contribution >= 0.6 is 0 Å². The zero-order chi connectivity index (χ0) is 17.5. The van der Waals surface area contributed by atoms with E-state index in [0.29, 0.717) is 12.2 Å². The highest BCUT2D eigenvalue weighted by Gasteiger charge is 2.25. The summed E-state index contributed by atoms with van der Waals surface area (Å²) in [5, 5.41) is 17.3. The number of hydrogen-bond acceptors (Lipinski definition) is 7. The van der Waals surface area contributed by atoms with Gasteiger partial charge < -0.3 is 24.7 Å².